The van der Waals surface area contributed by atoms with Crippen molar-refractivity contribution in [1.29, 1.82) is 0 Å². The molecule has 150 valence electrons. The van der Waals surface area contributed by atoms with Crippen LogP contribution in [0.5, 0.6) is 0 Å². The fourth-order valence-electron chi connectivity index (χ4n) is 3.15. The van der Waals surface area contributed by atoms with Crippen LogP contribution in [0, 0.1) is 0 Å². The van der Waals surface area contributed by atoms with E-state index < -0.39 is 7.25 Å². The molecular weight excluding hydrogens is 399 g/mol. The monoisotopic (exact) mass is 418 g/mol. The predicted molar refractivity (Wildman–Crippen MR) is 114 cm³/mol. The van der Waals surface area contributed by atoms with E-state index in [9.17, 15) is 17.3 Å². The van der Waals surface area contributed by atoms with E-state index in [1.165, 1.54) is 32.4 Å². The molecule has 0 unspecified atom stereocenters. The topological polar surface area (TPSA) is 11.3 Å². The first kappa shape index (κ1) is 21.2. The molecule has 0 atom stereocenters. The molecule has 0 N–H and O–H groups in total. The van der Waals surface area contributed by atoms with Gasteiger partial charge < -0.3 is 17.3 Å². The standard InChI is InChI=1S/C22H19OS.BF4/c1-2-23-19-13-11-17-9-6-10-18-12-14-20(22(19)21(17)18)24-15-16-7-4-3-5-8-16;2-1(3,4)5/h3-14H,2,15H2,1H3;/q+1;-1. The fourth-order valence-corrected chi connectivity index (χ4v) is 4.18. The fraction of sp³-hybridized carbons (Fsp3) is 0.136. The number of thioether (sulfide) groups is 1. The van der Waals surface area contributed by atoms with Crippen molar-refractivity contribution in [3.8, 4) is 0 Å². The Morgan fingerprint density at radius 1 is 0.862 bits per heavy atom. The first-order valence-corrected chi connectivity index (χ1v) is 10.1. The molecule has 1 nitrogen and oxygen atoms in total. The minimum atomic E-state index is -6.00. The summed E-state index contributed by atoms with van der Waals surface area (Å²) in [7, 11) is -6.00. The zero-order valence-electron chi connectivity index (χ0n) is 15.7. The summed E-state index contributed by atoms with van der Waals surface area (Å²) in [5, 5.41) is 2.58. The van der Waals surface area contributed by atoms with Crippen molar-refractivity contribution < 1.29 is 21.7 Å². The van der Waals surface area contributed by atoms with E-state index >= 15 is 0 Å². The summed E-state index contributed by atoms with van der Waals surface area (Å²) in [6.45, 7) is 2.72. The van der Waals surface area contributed by atoms with Crippen LogP contribution < -0.4 is 0 Å². The van der Waals surface area contributed by atoms with Crippen molar-refractivity contribution in [2.24, 2.45) is 0 Å². The Hall–Kier alpha value is -2.54. The molecular formula is C22H19BF4OS. The summed E-state index contributed by atoms with van der Waals surface area (Å²) in [6, 6.07) is 21.5. The van der Waals surface area contributed by atoms with E-state index in [-0.39, 0.29) is 0 Å². The Bertz CT molecular complexity index is 1040. The normalized spacial score (nSPS) is 14.0. The lowest BCUT2D eigenvalue weighted by atomic mass is 9.92. The van der Waals surface area contributed by atoms with E-state index in [1.807, 2.05) is 18.7 Å². The smallest absolute Gasteiger partial charge is 0.418 e. The van der Waals surface area contributed by atoms with Crippen LogP contribution in [0.15, 0.2) is 71.6 Å². The molecule has 0 spiro atoms. The van der Waals surface area contributed by atoms with Gasteiger partial charge in [-0.2, -0.15) is 0 Å². The maximum Gasteiger partial charge on any atom is 0.673 e. The van der Waals surface area contributed by atoms with Gasteiger partial charge in [0, 0.05) is 29.0 Å². The lowest BCUT2D eigenvalue weighted by molar-refractivity contribution is -0.261. The van der Waals surface area contributed by atoms with E-state index in [1.54, 1.807) is 0 Å². The molecule has 1 aliphatic carbocycles. The molecule has 0 aliphatic heterocycles. The van der Waals surface area contributed by atoms with E-state index in [4.69, 9.17) is 4.42 Å². The van der Waals surface area contributed by atoms with Crippen molar-refractivity contribution in [2.45, 2.75) is 17.6 Å². The third-order valence-corrected chi connectivity index (χ3v) is 5.37. The van der Waals surface area contributed by atoms with E-state index in [0.717, 1.165) is 11.5 Å². The van der Waals surface area contributed by atoms with Gasteiger partial charge >= 0.3 is 13.0 Å². The maximum atomic E-state index is 9.75. The molecule has 0 saturated carbocycles. The molecule has 4 rings (SSSR count). The lowest BCUT2D eigenvalue weighted by Gasteiger charge is -2.14. The van der Waals surface area contributed by atoms with Crippen LogP contribution >= 0.6 is 11.8 Å². The molecule has 3 aromatic rings. The quantitative estimate of drug-likeness (QED) is 0.189. The molecule has 0 saturated heterocycles. The number of ketones is 1. The molecule has 0 radical (unpaired) electrons. The number of hydrogen-bond acceptors (Lipinski definition) is 1. The van der Waals surface area contributed by atoms with Crippen LogP contribution in [-0.4, -0.2) is 19.6 Å². The summed E-state index contributed by atoms with van der Waals surface area (Å²) in [6.07, 6.45) is 4.26. The largest absolute Gasteiger partial charge is 0.673 e. The van der Waals surface area contributed by atoms with Gasteiger partial charge in [-0.25, -0.2) is 0 Å². The summed E-state index contributed by atoms with van der Waals surface area (Å²) in [5.74, 6) is 1.95. The summed E-state index contributed by atoms with van der Waals surface area (Å²) in [5.41, 5.74) is 3.86. The number of rotatable bonds is 4. The number of hydrogen-bond donors (Lipinski definition) is 0. The van der Waals surface area contributed by atoms with Crippen molar-refractivity contribution in [2.75, 3.05) is 6.61 Å². The van der Waals surface area contributed by atoms with E-state index in [2.05, 4.69) is 72.8 Å². The highest BCUT2D eigenvalue weighted by Crippen LogP contribution is 2.36. The van der Waals surface area contributed by atoms with Gasteiger partial charge in [-0.15, -0.1) is 11.8 Å². The zero-order chi connectivity index (χ0) is 20.9. The van der Waals surface area contributed by atoms with Gasteiger partial charge in [-0.3, -0.25) is 4.42 Å². The van der Waals surface area contributed by atoms with Crippen molar-refractivity contribution in [1.82, 2.24) is 0 Å². The minimum Gasteiger partial charge on any atom is -0.418 e. The molecule has 0 heterocycles. The van der Waals surface area contributed by atoms with Crippen LogP contribution in [0.3, 0.4) is 0 Å². The Morgan fingerprint density at radius 3 is 2.28 bits per heavy atom. The Morgan fingerprint density at radius 2 is 1.59 bits per heavy atom. The first-order valence-electron chi connectivity index (χ1n) is 9.15. The summed E-state index contributed by atoms with van der Waals surface area (Å²) in [4.78, 5) is 1.28. The first-order chi connectivity index (χ1) is 13.9. The number of halogens is 4. The molecule has 0 amide bonds. The average molecular weight is 418 g/mol. The van der Waals surface area contributed by atoms with Gasteiger partial charge in [-0.1, -0.05) is 54.6 Å². The van der Waals surface area contributed by atoms with Crippen molar-refractivity contribution in [3.05, 3.63) is 83.4 Å². The molecule has 7 heteroatoms. The molecule has 1 aliphatic rings. The van der Waals surface area contributed by atoms with Crippen LogP contribution in [-0.2, 0) is 5.75 Å². The van der Waals surface area contributed by atoms with Crippen molar-refractivity contribution in [3.63, 3.8) is 0 Å². The number of allylic oxidation sites excluding steroid dienone is 1. The second kappa shape index (κ2) is 9.31. The molecule has 0 bridgehead atoms. The Balaban J connectivity index is 0.000000431. The second-order valence-electron chi connectivity index (χ2n) is 6.28. The Labute approximate surface area is 171 Å². The van der Waals surface area contributed by atoms with Crippen LogP contribution in [0.25, 0.3) is 16.8 Å². The van der Waals surface area contributed by atoms with Crippen molar-refractivity contribution >= 4 is 41.6 Å². The SMILES string of the molecule is CC[O+]=C1C=Cc2cccc3ccc(SCc4ccccc4)c1c23.F[B-](F)(F)F. The molecule has 3 aromatic carbocycles. The van der Waals surface area contributed by atoms with Crippen LogP contribution in [0.4, 0.5) is 17.3 Å². The highest BCUT2D eigenvalue weighted by Gasteiger charge is 2.25. The molecule has 0 fully saturated rings. The summed E-state index contributed by atoms with van der Waals surface area (Å²) >= 11 is 1.88. The maximum absolute atomic E-state index is 9.75. The lowest BCUT2D eigenvalue weighted by Crippen LogP contribution is -2.06. The number of carbonyl (C=O) groups excluding carboxylic acids is 1. The van der Waals surface area contributed by atoms with Gasteiger partial charge in [0.1, 0.15) is 5.56 Å². The third kappa shape index (κ3) is 5.73. The minimum absolute atomic E-state index is 0.682. The van der Waals surface area contributed by atoms with Gasteiger partial charge in [0.2, 0.25) is 0 Å². The van der Waals surface area contributed by atoms with Crippen LogP contribution in [0.2, 0.25) is 0 Å². The third-order valence-electron chi connectivity index (χ3n) is 4.24. The van der Waals surface area contributed by atoms with Gasteiger partial charge in [0.25, 0.3) is 6.61 Å². The highest BCUT2D eigenvalue weighted by molar-refractivity contribution is 7.98. The molecule has 29 heavy (non-hydrogen) atoms. The second-order valence-corrected chi connectivity index (χ2v) is 7.30. The van der Waals surface area contributed by atoms with Gasteiger partial charge in [0.15, 0.2) is 0 Å². The van der Waals surface area contributed by atoms with Gasteiger partial charge in [0.05, 0.1) is 0 Å². The number of benzene rings is 3. The zero-order valence-corrected chi connectivity index (χ0v) is 16.6. The molecule has 0 aromatic heterocycles. The summed E-state index contributed by atoms with van der Waals surface area (Å²) < 4.78 is 44.9. The Kier molecular flexibility index (Phi) is 6.80. The average Bonchev–Trinajstić information content (AvgIpc) is 2.69. The van der Waals surface area contributed by atoms with Crippen LogP contribution in [0.1, 0.15) is 28.0 Å². The van der Waals surface area contributed by atoms with E-state index in [0.29, 0.717) is 6.61 Å². The predicted octanol–water partition coefficient (Wildman–Crippen LogP) is 7.20. The highest BCUT2D eigenvalue weighted by atomic mass is 32.2. The van der Waals surface area contributed by atoms with Gasteiger partial charge in [-0.05, 0) is 28.7 Å².